The summed E-state index contributed by atoms with van der Waals surface area (Å²) in [7, 11) is 1.99. The molecule has 1 aliphatic heterocycles. The predicted molar refractivity (Wildman–Crippen MR) is 54.8 cm³/mol. The van der Waals surface area contributed by atoms with Crippen molar-refractivity contribution >= 4 is 5.82 Å². The second-order valence-electron chi connectivity index (χ2n) is 4.39. The van der Waals surface area contributed by atoms with E-state index in [1.807, 2.05) is 11.7 Å². The lowest BCUT2D eigenvalue weighted by atomic mass is 10.1. The summed E-state index contributed by atoms with van der Waals surface area (Å²) in [6.07, 6.45) is 3.83. The van der Waals surface area contributed by atoms with E-state index in [-0.39, 0.29) is 0 Å². The van der Waals surface area contributed by atoms with Gasteiger partial charge in [-0.05, 0) is 19.3 Å². The van der Waals surface area contributed by atoms with Crippen LogP contribution in [0.25, 0.3) is 0 Å². The highest BCUT2D eigenvalue weighted by Gasteiger charge is 2.33. The first-order chi connectivity index (χ1) is 6.75. The largest absolute Gasteiger partial charge is 0.382 e. The molecular weight excluding hydrogens is 176 g/mol. The van der Waals surface area contributed by atoms with E-state index in [4.69, 9.17) is 5.73 Å². The molecule has 1 aliphatic carbocycles. The number of nitrogen functional groups attached to an aromatic ring is 1. The molecule has 4 nitrogen and oxygen atoms in total. The van der Waals surface area contributed by atoms with E-state index >= 15 is 0 Å². The van der Waals surface area contributed by atoms with Gasteiger partial charge in [-0.3, -0.25) is 9.58 Å². The summed E-state index contributed by atoms with van der Waals surface area (Å²) in [6.45, 7) is 2.20. The minimum Gasteiger partial charge on any atom is -0.382 e. The van der Waals surface area contributed by atoms with Gasteiger partial charge in [0, 0.05) is 31.7 Å². The van der Waals surface area contributed by atoms with Crippen LogP contribution >= 0.6 is 0 Å². The molecule has 1 saturated carbocycles. The summed E-state index contributed by atoms with van der Waals surface area (Å²) in [4.78, 5) is 2.56. The zero-order valence-corrected chi connectivity index (χ0v) is 8.53. The first kappa shape index (κ1) is 8.29. The van der Waals surface area contributed by atoms with Crippen molar-refractivity contribution in [3.8, 4) is 0 Å². The third-order valence-corrected chi connectivity index (χ3v) is 3.37. The van der Waals surface area contributed by atoms with Gasteiger partial charge in [0.15, 0.2) is 0 Å². The maximum Gasteiger partial charge on any atom is 0.149 e. The van der Waals surface area contributed by atoms with Crippen LogP contribution in [0.2, 0.25) is 0 Å². The monoisotopic (exact) mass is 192 g/mol. The van der Waals surface area contributed by atoms with E-state index in [0.717, 1.165) is 31.4 Å². The van der Waals surface area contributed by atoms with E-state index in [0.29, 0.717) is 0 Å². The minimum absolute atomic E-state index is 0.734. The van der Waals surface area contributed by atoms with E-state index in [2.05, 4.69) is 10.00 Å². The molecule has 3 rings (SSSR count). The molecule has 0 spiro atoms. The molecule has 14 heavy (non-hydrogen) atoms. The van der Waals surface area contributed by atoms with Gasteiger partial charge in [-0.1, -0.05) is 0 Å². The molecule has 0 unspecified atom stereocenters. The first-order valence-electron chi connectivity index (χ1n) is 5.30. The number of nitrogens with zero attached hydrogens (tertiary/aromatic N) is 3. The summed E-state index contributed by atoms with van der Waals surface area (Å²) in [5.41, 5.74) is 8.45. The number of aromatic nitrogens is 2. The number of rotatable bonds is 1. The van der Waals surface area contributed by atoms with Crippen molar-refractivity contribution in [2.24, 2.45) is 7.05 Å². The van der Waals surface area contributed by atoms with Crippen LogP contribution < -0.4 is 5.73 Å². The molecule has 0 radical (unpaired) electrons. The molecule has 1 aromatic heterocycles. The van der Waals surface area contributed by atoms with E-state index < -0.39 is 0 Å². The van der Waals surface area contributed by atoms with Gasteiger partial charge >= 0.3 is 0 Å². The highest BCUT2D eigenvalue weighted by molar-refractivity contribution is 5.44. The lowest BCUT2D eigenvalue weighted by Crippen LogP contribution is -2.33. The van der Waals surface area contributed by atoms with Crippen LogP contribution in [0.4, 0.5) is 5.82 Å². The summed E-state index contributed by atoms with van der Waals surface area (Å²) in [5, 5.41) is 4.27. The molecule has 0 saturated heterocycles. The molecular formula is C10H16N4. The fourth-order valence-corrected chi connectivity index (χ4v) is 2.37. The third-order valence-electron chi connectivity index (χ3n) is 3.37. The Kier molecular flexibility index (Phi) is 1.62. The minimum atomic E-state index is 0.734. The smallest absolute Gasteiger partial charge is 0.149 e. The van der Waals surface area contributed by atoms with Crippen molar-refractivity contribution in [3.63, 3.8) is 0 Å². The molecule has 0 amide bonds. The Hall–Kier alpha value is -1.03. The van der Waals surface area contributed by atoms with E-state index in [1.165, 1.54) is 24.1 Å². The maximum atomic E-state index is 5.85. The SMILES string of the molecule is Cn1nc(N)c2c1CN(C1CC1)CC2. The summed E-state index contributed by atoms with van der Waals surface area (Å²) in [5.74, 6) is 0.734. The Balaban J connectivity index is 1.92. The van der Waals surface area contributed by atoms with Gasteiger partial charge in [-0.15, -0.1) is 0 Å². The second-order valence-corrected chi connectivity index (χ2v) is 4.39. The van der Waals surface area contributed by atoms with Gasteiger partial charge in [-0.2, -0.15) is 5.10 Å². The summed E-state index contributed by atoms with van der Waals surface area (Å²) in [6, 6.07) is 0.847. The van der Waals surface area contributed by atoms with Crippen LogP contribution in [-0.2, 0) is 20.0 Å². The number of nitrogens with two attached hydrogens (primary N) is 1. The Bertz CT molecular complexity index is 364. The van der Waals surface area contributed by atoms with Crippen LogP contribution in [-0.4, -0.2) is 27.3 Å². The number of anilines is 1. The molecule has 1 aromatic rings. The van der Waals surface area contributed by atoms with Crippen molar-refractivity contribution in [3.05, 3.63) is 11.3 Å². The van der Waals surface area contributed by atoms with Crippen LogP contribution in [0, 0.1) is 0 Å². The second kappa shape index (κ2) is 2.73. The summed E-state index contributed by atoms with van der Waals surface area (Å²) < 4.78 is 1.94. The van der Waals surface area contributed by atoms with Gasteiger partial charge in [0.25, 0.3) is 0 Å². The van der Waals surface area contributed by atoms with Crippen molar-refractivity contribution in [2.75, 3.05) is 12.3 Å². The highest BCUT2D eigenvalue weighted by Crippen LogP contribution is 2.32. The molecule has 4 heteroatoms. The number of hydrogen-bond acceptors (Lipinski definition) is 3. The molecule has 1 fully saturated rings. The normalized spacial score (nSPS) is 22.4. The lowest BCUT2D eigenvalue weighted by Gasteiger charge is -2.26. The maximum absolute atomic E-state index is 5.85. The number of fused-ring (bicyclic) bond motifs is 1. The Morgan fingerprint density at radius 1 is 1.43 bits per heavy atom. The predicted octanol–water partition coefficient (Wildman–Crippen LogP) is 0.523. The van der Waals surface area contributed by atoms with Crippen molar-refractivity contribution < 1.29 is 0 Å². The van der Waals surface area contributed by atoms with Gasteiger partial charge in [0.05, 0.1) is 5.69 Å². The Morgan fingerprint density at radius 2 is 2.21 bits per heavy atom. The molecule has 76 valence electrons. The van der Waals surface area contributed by atoms with E-state index in [9.17, 15) is 0 Å². The Labute approximate surface area is 83.7 Å². The first-order valence-corrected chi connectivity index (χ1v) is 5.30. The fourth-order valence-electron chi connectivity index (χ4n) is 2.37. The average Bonchev–Trinajstić information content (AvgIpc) is 2.96. The topological polar surface area (TPSA) is 47.1 Å². The molecule has 0 aromatic carbocycles. The third kappa shape index (κ3) is 1.14. The fraction of sp³-hybridized carbons (Fsp3) is 0.700. The molecule has 2 aliphatic rings. The molecule has 0 bridgehead atoms. The van der Waals surface area contributed by atoms with Crippen LogP contribution in [0.15, 0.2) is 0 Å². The molecule has 2 N–H and O–H groups in total. The van der Waals surface area contributed by atoms with E-state index in [1.54, 1.807) is 0 Å². The van der Waals surface area contributed by atoms with Crippen LogP contribution in [0.1, 0.15) is 24.1 Å². The van der Waals surface area contributed by atoms with Gasteiger partial charge in [0.2, 0.25) is 0 Å². The standard InChI is InChI=1S/C10H16N4/c1-13-9-6-14(7-2-3-7)5-4-8(9)10(11)12-13/h7H,2-6H2,1H3,(H2,11,12). The lowest BCUT2D eigenvalue weighted by molar-refractivity contribution is 0.237. The summed E-state index contributed by atoms with van der Waals surface area (Å²) >= 11 is 0. The molecule has 2 heterocycles. The molecule has 0 atom stereocenters. The number of aryl methyl sites for hydroxylation is 1. The van der Waals surface area contributed by atoms with Crippen molar-refractivity contribution in [1.82, 2.24) is 14.7 Å². The van der Waals surface area contributed by atoms with Gasteiger partial charge in [0.1, 0.15) is 5.82 Å². The zero-order chi connectivity index (χ0) is 9.71. The van der Waals surface area contributed by atoms with Gasteiger partial charge in [-0.25, -0.2) is 0 Å². The Morgan fingerprint density at radius 3 is 2.93 bits per heavy atom. The average molecular weight is 192 g/mol. The van der Waals surface area contributed by atoms with Crippen molar-refractivity contribution in [2.45, 2.75) is 31.8 Å². The van der Waals surface area contributed by atoms with Crippen molar-refractivity contribution in [1.29, 1.82) is 0 Å². The zero-order valence-electron chi connectivity index (χ0n) is 8.53. The quantitative estimate of drug-likeness (QED) is 0.705. The van der Waals surface area contributed by atoms with Gasteiger partial charge < -0.3 is 5.73 Å². The van der Waals surface area contributed by atoms with Crippen LogP contribution in [0.5, 0.6) is 0 Å². The number of hydrogen-bond donors (Lipinski definition) is 1. The van der Waals surface area contributed by atoms with Crippen LogP contribution in [0.3, 0.4) is 0 Å². The highest BCUT2D eigenvalue weighted by atomic mass is 15.3.